The quantitative estimate of drug-likeness (QED) is 0.839. The zero-order valence-corrected chi connectivity index (χ0v) is 13.5. The Labute approximate surface area is 124 Å². The number of aromatic nitrogens is 3. The van der Waals surface area contributed by atoms with Gasteiger partial charge in [0.2, 0.25) is 5.03 Å². The van der Waals surface area contributed by atoms with Crippen molar-refractivity contribution in [3.05, 3.63) is 4.60 Å². The van der Waals surface area contributed by atoms with Gasteiger partial charge in [0.05, 0.1) is 0 Å². The second-order valence-corrected chi connectivity index (χ2v) is 7.45. The Balaban J connectivity index is 2.55. The second kappa shape index (κ2) is 5.08. The molecule has 20 heavy (non-hydrogen) atoms. The van der Waals surface area contributed by atoms with Crippen molar-refractivity contribution < 1.29 is 18.3 Å². The molecule has 0 saturated carbocycles. The van der Waals surface area contributed by atoms with Crippen molar-refractivity contribution in [3.8, 4) is 0 Å². The minimum Gasteiger partial charge on any atom is -0.480 e. The van der Waals surface area contributed by atoms with E-state index in [9.17, 15) is 18.3 Å². The van der Waals surface area contributed by atoms with Crippen molar-refractivity contribution in [2.24, 2.45) is 7.05 Å². The molecule has 1 aromatic heterocycles. The summed E-state index contributed by atoms with van der Waals surface area (Å²) in [6.07, 6.45) is 1.59. The lowest BCUT2D eigenvalue weighted by molar-refractivity contribution is -0.149. The fraction of sp³-hybridized carbons (Fsp3) is 0.700. The number of carbonyl (C=O) groups is 1. The molecule has 1 fully saturated rings. The maximum absolute atomic E-state index is 12.7. The van der Waals surface area contributed by atoms with Crippen molar-refractivity contribution in [2.75, 3.05) is 6.54 Å². The van der Waals surface area contributed by atoms with Gasteiger partial charge in [0.25, 0.3) is 10.0 Å². The summed E-state index contributed by atoms with van der Waals surface area (Å²) in [6, 6.07) is 0. The average Bonchev–Trinajstić information content (AvgIpc) is 2.69. The van der Waals surface area contributed by atoms with Crippen LogP contribution in [0.3, 0.4) is 0 Å². The van der Waals surface area contributed by atoms with E-state index in [1.807, 2.05) is 0 Å². The summed E-state index contributed by atoms with van der Waals surface area (Å²) in [5.41, 5.74) is -1.44. The first-order chi connectivity index (χ1) is 9.21. The molecule has 1 aromatic rings. The molecular weight excluding hydrogens is 352 g/mol. The van der Waals surface area contributed by atoms with Crippen LogP contribution in [0, 0.1) is 0 Å². The van der Waals surface area contributed by atoms with Gasteiger partial charge in [-0.05, 0) is 42.1 Å². The lowest BCUT2D eigenvalue weighted by Crippen LogP contribution is -2.57. The minimum atomic E-state index is -3.99. The number of hydrogen-bond donors (Lipinski definition) is 1. The van der Waals surface area contributed by atoms with E-state index in [0.717, 1.165) is 8.99 Å². The fourth-order valence-corrected chi connectivity index (χ4v) is 5.24. The lowest BCUT2D eigenvalue weighted by Gasteiger charge is -2.40. The van der Waals surface area contributed by atoms with Crippen LogP contribution >= 0.6 is 15.9 Å². The summed E-state index contributed by atoms with van der Waals surface area (Å²) in [6.45, 7) is 1.60. The van der Waals surface area contributed by atoms with Crippen LogP contribution in [-0.4, -0.2) is 50.9 Å². The highest BCUT2D eigenvalue weighted by Gasteiger charge is 2.49. The van der Waals surface area contributed by atoms with Crippen LogP contribution in [0.4, 0.5) is 0 Å². The molecule has 8 nitrogen and oxygen atoms in total. The van der Waals surface area contributed by atoms with Crippen LogP contribution in [0.2, 0.25) is 0 Å². The second-order valence-electron chi connectivity index (χ2n) is 4.92. The molecule has 1 atom stereocenters. The molecular formula is C10H15BrN4O4S. The highest BCUT2D eigenvalue weighted by Crippen LogP contribution is 2.34. The number of carboxylic acid groups (broad SMARTS) is 1. The van der Waals surface area contributed by atoms with Crippen LogP contribution in [0.15, 0.2) is 9.63 Å². The van der Waals surface area contributed by atoms with Gasteiger partial charge < -0.3 is 5.11 Å². The average molecular weight is 367 g/mol. The number of aliphatic carboxylic acids is 1. The molecule has 1 N–H and O–H groups in total. The largest absolute Gasteiger partial charge is 0.480 e. The van der Waals surface area contributed by atoms with Crippen molar-refractivity contribution in [1.29, 1.82) is 0 Å². The van der Waals surface area contributed by atoms with Gasteiger partial charge in [0, 0.05) is 13.6 Å². The number of rotatable bonds is 3. The van der Waals surface area contributed by atoms with Crippen LogP contribution in [0.5, 0.6) is 0 Å². The first kappa shape index (κ1) is 15.4. The summed E-state index contributed by atoms with van der Waals surface area (Å²) in [5.74, 6) is -1.15. The van der Waals surface area contributed by atoms with Gasteiger partial charge in [-0.3, -0.25) is 4.79 Å². The van der Waals surface area contributed by atoms with Crippen LogP contribution in [-0.2, 0) is 21.9 Å². The van der Waals surface area contributed by atoms with E-state index in [4.69, 9.17) is 0 Å². The summed E-state index contributed by atoms with van der Waals surface area (Å²) in [7, 11) is -2.54. The maximum atomic E-state index is 12.7. The fourth-order valence-electron chi connectivity index (χ4n) is 2.40. The number of piperidine rings is 1. The van der Waals surface area contributed by atoms with E-state index in [0.29, 0.717) is 12.8 Å². The van der Waals surface area contributed by atoms with Gasteiger partial charge >= 0.3 is 5.97 Å². The monoisotopic (exact) mass is 366 g/mol. The van der Waals surface area contributed by atoms with Gasteiger partial charge in [-0.1, -0.05) is 5.21 Å². The first-order valence-electron chi connectivity index (χ1n) is 6.02. The molecule has 112 valence electrons. The number of nitrogens with zero attached hydrogens (tertiary/aromatic N) is 4. The Hall–Kier alpha value is -1.00. The van der Waals surface area contributed by atoms with Crippen LogP contribution in [0.1, 0.15) is 26.2 Å². The molecule has 0 aliphatic carbocycles. The van der Waals surface area contributed by atoms with E-state index < -0.39 is 21.5 Å². The van der Waals surface area contributed by atoms with Gasteiger partial charge in [-0.2, -0.15) is 4.31 Å². The molecule has 0 spiro atoms. The lowest BCUT2D eigenvalue weighted by atomic mass is 9.91. The van der Waals surface area contributed by atoms with Crippen molar-refractivity contribution in [1.82, 2.24) is 19.3 Å². The third kappa shape index (κ3) is 2.25. The molecule has 0 aromatic carbocycles. The third-order valence-electron chi connectivity index (χ3n) is 3.56. The highest BCUT2D eigenvalue weighted by atomic mass is 79.9. The Bertz CT molecular complexity index is 624. The molecule has 0 radical (unpaired) electrons. The number of hydrogen-bond acceptors (Lipinski definition) is 5. The van der Waals surface area contributed by atoms with Crippen LogP contribution in [0.25, 0.3) is 0 Å². The molecule has 0 bridgehead atoms. The summed E-state index contributed by atoms with van der Waals surface area (Å²) in [4.78, 5) is 11.5. The normalized spacial score (nSPS) is 24.8. The van der Waals surface area contributed by atoms with E-state index >= 15 is 0 Å². The van der Waals surface area contributed by atoms with Gasteiger partial charge in [-0.15, -0.1) is 5.10 Å². The van der Waals surface area contributed by atoms with Crippen molar-refractivity contribution in [2.45, 2.75) is 36.8 Å². The predicted molar refractivity (Wildman–Crippen MR) is 72.5 cm³/mol. The van der Waals surface area contributed by atoms with Crippen molar-refractivity contribution >= 4 is 31.9 Å². The van der Waals surface area contributed by atoms with E-state index in [-0.39, 0.29) is 22.6 Å². The van der Waals surface area contributed by atoms with Gasteiger partial charge in [0.15, 0.2) is 4.60 Å². The highest BCUT2D eigenvalue weighted by molar-refractivity contribution is 9.10. The molecule has 1 aliphatic rings. The molecule has 2 rings (SSSR count). The SMILES string of the molecule is Cn1nnc(Br)c1S(=O)(=O)N1CCCCC1(C)C(=O)O. The summed E-state index contributed by atoms with van der Waals surface area (Å²) < 4.78 is 27.7. The zero-order chi connectivity index (χ0) is 15.1. The molecule has 1 saturated heterocycles. The Morgan fingerprint density at radius 2 is 2.10 bits per heavy atom. The van der Waals surface area contributed by atoms with E-state index in [2.05, 4.69) is 26.2 Å². The molecule has 2 heterocycles. The maximum Gasteiger partial charge on any atom is 0.324 e. The van der Waals surface area contributed by atoms with Crippen molar-refractivity contribution in [3.63, 3.8) is 0 Å². The zero-order valence-electron chi connectivity index (χ0n) is 11.1. The summed E-state index contributed by atoms with van der Waals surface area (Å²) in [5, 5.41) is 16.6. The number of halogens is 1. The number of sulfonamides is 1. The summed E-state index contributed by atoms with van der Waals surface area (Å²) >= 11 is 3.05. The Morgan fingerprint density at radius 1 is 1.45 bits per heavy atom. The third-order valence-corrected chi connectivity index (χ3v) is 6.47. The topological polar surface area (TPSA) is 105 Å². The molecule has 1 unspecified atom stereocenters. The van der Waals surface area contributed by atoms with Gasteiger partial charge in [-0.25, -0.2) is 13.1 Å². The molecule has 1 aliphatic heterocycles. The van der Waals surface area contributed by atoms with E-state index in [1.165, 1.54) is 14.0 Å². The van der Waals surface area contributed by atoms with Crippen LogP contribution < -0.4 is 0 Å². The number of carboxylic acids is 1. The van der Waals surface area contributed by atoms with E-state index in [1.54, 1.807) is 0 Å². The predicted octanol–water partition coefficient (Wildman–Crippen LogP) is 0.595. The Kier molecular flexibility index (Phi) is 3.91. The molecule has 10 heteroatoms. The minimum absolute atomic E-state index is 0.0818. The standard InChI is InChI=1S/C10H15BrN4O4S/c1-10(9(16)17)5-3-4-6-15(10)20(18,19)8-7(11)12-13-14(8)2/h3-6H2,1-2H3,(H,16,17). The first-order valence-corrected chi connectivity index (χ1v) is 8.26. The molecule has 0 amide bonds. The Morgan fingerprint density at radius 3 is 2.60 bits per heavy atom. The number of aryl methyl sites for hydroxylation is 1. The smallest absolute Gasteiger partial charge is 0.324 e. The van der Waals surface area contributed by atoms with Gasteiger partial charge in [0.1, 0.15) is 5.54 Å².